The van der Waals surface area contributed by atoms with E-state index in [4.69, 9.17) is 4.74 Å². The highest BCUT2D eigenvalue weighted by atomic mass is 32.2. The standard InChI is InChI=1S/C15H27N3O3S/c1-4-18-10-14(9-16-18)15-12-22(19,20)8-6-17(15)5-7-21-11-13(2)3/h9-10,13,15H,4-8,11-12H2,1-3H3. The molecule has 2 rings (SSSR count). The van der Waals surface area contributed by atoms with Crippen molar-refractivity contribution in [3.8, 4) is 0 Å². The summed E-state index contributed by atoms with van der Waals surface area (Å²) in [5, 5.41) is 4.28. The molecule has 1 atom stereocenters. The Kier molecular flexibility index (Phi) is 6.00. The van der Waals surface area contributed by atoms with Crippen LogP contribution >= 0.6 is 0 Å². The molecule has 1 fully saturated rings. The first-order valence-corrected chi connectivity index (χ1v) is 9.78. The van der Waals surface area contributed by atoms with Crippen LogP contribution in [0.15, 0.2) is 12.4 Å². The van der Waals surface area contributed by atoms with Gasteiger partial charge in [-0.3, -0.25) is 9.58 Å². The van der Waals surface area contributed by atoms with Gasteiger partial charge in [0.2, 0.25) is 0 Å². The zero-order valence-corrected chi connectivity index (χ0v) is 14.6. The molecule has 1 aromatic heterocycles. The molecule has 1 saturated heterocycles. The maximum Gasteiger partial charge on any atom is 0.153 e. The average Bonchev–Trinajstić information content (AvgIpc) is 2.93. The Balaban J connectivity index is 2.02. The Bertz CT molecular complexity index is 568. The van der Waals surface area contributed by atoms with Gasteiger partial charge in [0, 0.05) is 38.0 Å². The first-order chi connectivity index (χ1) is 10.4. The van der Waals surface area contributed by atoms with E-state index in [1.165, 1.54) is 0 Å². The number of aromatic nitrogens is 2. The van der Waals surface area contributed by atoms with Gasteiger partial charge >= 0.3 is 0 Å². The monoisotopic (exact) mass is 329 g/mol. The van der Waals surface area contributed by atoms with E-state index < -0.39 is 9.84 Å². The summed E-state index contributed by atoms with van der Waals surface area (Å²) in [6.45, 7) is 9.74. The first kappa shape index (κ1) is 17.4. The Morgan fingerprint density at radius 3 is 2.86 bits per heavy atom. The summed E-state index contributed by atoms with van der Waals surface area (Å²) in [6, 6.07) is -0.110. The van der Waals surface area contributed by atoms with Crippen LogP contribution in [0.1, 0.15) is 32.4 Å². The highest BCUT2D eigenvalue weighted by Gasteiger charge is 2.32. The fourth-order valence-corrected chi connectivity index (χ4v) is 4.21. The molecule has 0 spiro atoms. The predicted octanol–water partition coefficient (Wildman–Crippen LogP) is 1.35. The summed E-state index contributed by atoms with van der Waals surface area (Å²) in [7, 11) is -2.97. The van der Waals surface area contributed by atoms with Gasteiger partial charge in [-0.15, -0.1) is 0 Å². The van der Waals surface area contributed by atoms with E-state index in [9.17, 15) is 8.42 Å². The molecule has 0 aliphatic carbocycles. The number of nitrogens with zero attached hydrogens (tertiary/aromatic N) is 3. The SMILES string of the molecule is CCn1cc(C2CS(=O)(=O)CCN2CCOCC(C)C)cn1. The molecule has 0 amide bonds. The van der Waals surface area contributed by atoms with Crippen LogP contribution < -0.4 is 0 Å². The normalized spacial score (nSPS) is 22.3. The first-order valence-electron chi connectivity index (χ1n) is 7.96. The Morgan fingerprint density at radius 2 is 2.23 bits per heavy atom. The Hall–Kier alpha value is -0.920. The molecule has 0 saturated carbocycles. The molecule has 22 heavy (non-hydrogen) atoms. The highest BCUT2D eigenvalue weighted by Crippen LogP contribution is 2.26. The van der Waals surface area contributed by atoms with Crippen LogP contribution in [-0.4, -0.2) is 60.9 Å². The Morgan fingerprint density at radius 1 is 1.45 bits per heavy atom. The topological polar surface area (TPSA) is 64.4 Å². The highest BCUT2D eigenvalue weighted by molar-refractivity contribution is 7.91. The van der Waals surface area contributed by atoms with E-state index >= 15 is 0 Å². The molecular formula is C15H27N3O3S. The number of rotatable bonds is 7. The van der Waals surface area contributed by atoms with Crippen molar-refractivity contribution >= 4 is 9.84 Å². The molecule has 1 unspecified atom stereocenters. The summed E-state index contributed by atoms with van der Waals surface area (Å²) < 4.78 is 31.5. The smallest absolute Gasteiger partial charge is 0.153 e. The van der Waals surface area contributed by atoms with Crippen molar-refractivity contribution in [2.24, 2.45) is 5.92 Å². The van der Waals surface area contributed by atoms with Crippen LogP contribution in [0, 0.1) is 5.92 Å². The largest absolute Gasteiger partial charge is 0.380 e. The van der Waals surface area contributed by atoms with Gasteiger partial charge in [-0.1, -0.05) is 13.8 Å². The number of ether oxygens (including phenoxy) is 1. The second-order valence-electron chi connectivity index (χ2n) is 6.26. The summed E-state index contributed by atoms with van der Waals surface area (Å²) in [5.41, 5.74) is 0.981. The molecule has 1 aromatic rings. The van der Waals surface area contributed by atoms with Crippen molar-refractivity contribution < 1.29 is 13.2 Å². The van der Waals surface area contributed by atoms with E-state index in [1.807, 2.05) is 17.8 Å². The summed E-state index contributed by atoms with van der Waals surface area (Å²) in [4.78, 5) is 2.21. The fraction of sp³-hybridized carbons (Fsp3) is 0.800. The third-order valence-corrected chi connectivity index (χ3v) is 5.51. The van der Waals surface area contributed by atoms with Gasteiger partial charge in [0.1, 0.15) is 0 Å². The number of sulfone groups is 1. The van der Waals surface area contributed by atoms with Gasteiger partial charge < -0.3 is 4.74 Å². The van der Waals surface area contributed by atoms with Crippen LogP contribution in [0.4, 0.5) is 0 Å². The van der Waals surface area contributed by atoms with Crippen molar-refractivity contribution in [2.45, 2.75) is 33.4 Å². The van der Waals surface area contributed by atoms with E-state index in [0.29, 0.717) is 19.1 Å². The van der Waals surface area contributed by atoms with Crippen LogP contribution in [0.5, 0.6) is 0 Å². The second kappa shape index (κ2) is 7.57. The minimum atomic E-state index is -2.97. The molecule has 1 aliphatic heterocycles. The molecule has 2 heterocycles. The second-order valence-corrected chi connectivity index (χ2v) is 8.49. The van der Waals surface area contributed by atoms with Gasteiger partial charge in [0.05, 0.1) is 30.4 Å². The zero-order chi connectivity index (χ0) is 16.2. The van der Waals surface area contributed by atoms with Crippen molar-refractivity contribution in [3.05, 3.63) is 18.0 Å². The third-order valence-electron chi connectivity index (χ3n) is 3.88. The lowest BCUT2D eigenvalue weighted by atomic mass is 10.1. The zero-order valence-electron chi connectivity index (χ0n) is 13.7. The lowest BCUT2D eigenvalue weighted by Gasteiger charge is -2.34. The number of hydrogen-bond acceptors (Lipinski definition) is 5. The van der Waals surface area contributed by atoms with Crippen LogP contribution in [0.3, 0.4) is 0 Å². The molecule has 1 aliphatic rings. The van der Waals surface area contributed by atoms with E-state index in [-0.39, 0.29) is 17.5 Å². The van der Waals surface area contributed by atoms with Gasteiger partial charge in [-0.2, -0.15) is 5.10 Å². The molecule has 7 heteroatoms. The minimum Gasteiger partial charge on any atom is -0.380 e. The lowest BCUT2D eigenvalue weighted by molar-refractivity contribution is 0.0752. The lowest BCUT2D eigenvalue weighted by Crippen LogP contribution is -2.44. The Labute approximate surface area is 133 Å². The van der Waals surface area contributed by atoms with Crippen LogP contribution in [-0.2, 0) is 21.1 Å². The minimum absolute atomic E-state index is 0.110. The van der Waals surface area contributed by atoms with Gasteiger partial charge in [0.15, 0.2) is 9.84 Å². The molecule has 126 valence electrons. The fourth-order valence-electron chi connectivity index (χ4n) is 2.64. The van der Waals surface area contributed by atoms with Crippen molar-refractivity contribution in [2.75, 3.05) is 37.8 Å². The van der Waals surface area contributed by atoms with Crippen molar-refractivity contribution in [3.63, 3.8) is 0 Å². The molecule has 6 nitrogen and oxygen atoms in total. The quantitative estimate of drug-likeness (QED) is 0.707. The van der Waals surface area contributed by atoms with E-state index in [0.717, 1.165) is 25.3 Å². The summed E-state index contributed by atoms with van der Waals surface area (Å²) in [5.74, 6) is 0.919. The van der Waals surface area contributed by atoms with Crippen LogP contribution in [0.25, 0.3) is 0 Å². The van der Waals surface area contributed by atoms with Crippen LogP contribution in [0.2, 0.25) is 0 Å². The van der Waals surface area contributed by atoms with Gasteiger partial charge in [-0.25, -0.2) is 8.42 Å². The average molecular weight is 329 g/mol. The maximum absolute atomic E-state index is 12.0. The van der Waals surface area contributed by atoms with Gasteiger partial charge in [-0.05, 0) is 12.8 Å². The third kappa shape index (κ3) is 4.79. The number of aryl methyl sites for hydroxylation is 1. The maximum atomic E-state index is 12.0. The summed E-state index contributed by atoms with van der Waals surface area (Å²) in [6.07, 6.45) is 3.74. The van der Waals surface area contributed by atoms with Crippen molar-refractivity contribution in [1.29, 1.82) is 0 Å². The molecule has 0 N–H and O–H groups in total. The molecule has 0 radical (unpaired) electrons. The van der Waals surface area contributed by atoms with Gasteiger partial charge in [0.25, 0.3) is 0 Å². The molecule has 0 aromatic carbocycles. The summed E-state index contributed by atoms with van der Waals surface area (Å²) >= 11 is 0. The van der Waals surface area contributed by atoms with Crippen molar-refractivity contribution in [1.82, 2.24) is 14.7 Å². The predicted molar refractivity (Wildman–Crippen MR) is 86.5 cm³/mol. The molecular weight excluding hydrogens is 302 g/mol. The van der Waals surface area contributed by atoms with E-state index in [2.05, 4.69) is 23.8 Å². The van der Waals surface area contributed by atoms with E-state index in [1.54, 1.807) is 6.20 Å². The molecule has 0 bridgehead atoms. The number of hydrogen-bond donors (Lipinski definition) is 0.